The molecule has 0 unspecified atom stereocenters. The van der Waals surface area contributed by atoms with Gasteiger partial charge in [-0.3, -0.25) is 19.4 Å². The lowest BCUT2D eigenvalue weighted by Gasteiger charge is -2.36. The highest BCUT2D eigenvalue weighted by atomic mass is 16.3. The minimum absolute atomic E-state index is 0.138. The zero-order chi connectivity index (χ0) is 18.7. The summed E-state index contributed by atoms with van der Waals surface area (Å²) in [7, 11) is 0. The fraction of sp³-hybridized carbons (Fsp3) is 0.500. The van der Waals surface area contributed by atoms with E-state index in [4.69, 9.17) is 5.11 Å². The molecule has 1 aromatic carbocycles. The molecule has 0 bridgehead atoms. The topological polar surface area (TPSA) is 64.1 Å². The maximum absolute atomic E-state index is 13.0. The Labute approximate surface area is 154 Å². The van der Waals surface area contributed by atoms with Crippen molar-refractivity contribution in [1.82, 2.24) is 14.7 Å². The molecule has 1 saturated heterocycles. The Hall–Kier alpha value is -2.18. The number of rotatable bonds is 6. The summed E-state index contributed by atoms with van der Waals surface area (Å²) >= 11 is 0. The van der Waals surface area contributed by atoms with Crippen molar-refractivity contribution in [1.29, 1.82) is 0 Å². The first-order valence-electron chi connectivity index (χ1n) is 9.32. The van der Waals surface area contributed by atoms with Crippen molar-refractivity contribution in [3.8, 4) is 0 Å². The van der Waals surface area contributed by atoms with Gasteiger partial charge in [0.05, 0.1) is 12.2 Å². The monoisotopic (exact) mass is 357 g/mol. The summed E-state index contributed by atoms with van der Waals surface area (Å²) in [6, 6.07) is 7.79. The lowest BCUT2D eigenvalue weighted by Crippen LogP contribution is -2.48. The molecule has 1 aromatic rings. The number of aliphatic hydroxyl groups excluding tert-OH is 1. The van der Waals surface area contributed by atoms with E-state index < -0.39 is 0 Å². The molecule has 0 atom stereocenters. The van der Waals surface area contributed by atoms with Gasteiger partial charge >= 0.3 is 0 Å². The maximum Gasteiger partial charge on any atom is 0.277 e. The molecule has 6 heteroatoms. The number of aliphatic hydroxyl groups is 1. The van der Waals surface area contributed by atoms with Crippen LogP contribution in [-0.2, 0) is 9.59 Å². The Balaban J connectivity index is 1.94. The number of imide groups is 1. The normalized spacial score (nSPS) is 19.0. The van der Waals surface area contributed by atoms with Crippen LogP contribution in [0.5, 0.6) is 0 Å². The molecule has 1 N–H and O–H groups in total. The van der Waals surface area contributed by atoms with E-state index in [0.717, 1.165) is 30.6 Å². The summed E-state index contributed by atoms with van der Waals surface area (Å²) in [5, 5.41) is 9.11. The Kier molecular flexibility index (Phi) is 5.74. The molecule has 26 heavy (non-hydrogen) atoms. The SMILES string of the molecule is CCCN1C(=O)C(c2ccc(C)cc2)=C(N2CCN(CCO)CC2)C1=O. The van der Waals surface area contributed by atoms with E-state index in [1.165, 1.54) is 4.90 Å². The molecule has 0 spiro atoms. The van der Waals surface area contributed by atoms with Crippen molar-refractivity contribution in [2.75, 3.05) is 45.9 Å². The van der Waals surface area contributed by atoms with Crippen LogP contribution in [0, 0.1) is 6.92 Å². The molecule has 0 aliphatic carbocycles. The minimum atomic E-state index is -0.187. The second kappa shape index (κ2) is 8.01. The molecule has 0 radical (unpaired) electrons. The number of β-amino-alcohol motifs (C(OH)–C–C–N with tert-alkyl or cyclic N) is 1. The third-order valence-electron chi connectivity index (χ3n) is 5.04. The van der Waals surface area contributed by atoms with Crippen LogP contribution in [0.25, 0.3) is 5.57 Å². The van der Waals surface area contributed by atoms with Crippen LogP contribution in [0.2, 0.25) is 0 Å². The zero-order valence-electron chi connectivity index (χ0n) is 15.6. The lowest BCUT2D eigenvalue weighted by atomic mass is 10.0. The largest absolute Gasteiger partial charge is 0.395 e. The molecule has 0 saturated carbocycles. The summed E-state index contributed by atoms with van der Waals surface area (Å²) in [6.07, 6.45) is 0.746. The molecular formula is C20H27N3O3. The van der Waals surface area contributed by atoms with E-state index in [1.807, 2.05) is 43.0 Å². The highest BCUT2D eigenvalue weighted by molar-refractivity contribution is 6.35. The fourth-order valence-corrected chi connectivity index (χ4v) is 3.60. The van der Waals surface area contributed by atoms with Crippen LogP contribution in [0.4, 0.5) is 0 Å². The molecule has 2 aliphatic rings. The first-order valence-corrected chi connectivity index (χ1v) is 9.32. The van der Waals surface area contributed by atoms with Gasteiger partial charge in [-0.05, 0) is 18.9 Å². The molecule has 0 aromatic heterocycles. The minimum Gasteiger partial charge on any atom is -0.395 e. The van der Waals surface area contributed by atoms with Gasteiger partial charge in [0.15, 0.2) is 0 Å². The third kappa shape index (κ3) is 3.52. The summed E-state index contributed by atoms with van der Waals surface area (Å²) in [6.45, 7) is 8.13. The van der Waals surface area contributed by atoms with Gasteiger partial charge in [-0.2, -0.15) is 0 Å². The molecular weight excluding hydrogens is 330 g/mol. The smallest absolute Gasteiger partial charge is 0.277 e. The maximum atomic E-state index is 13.0. The third-order valence-corrected chi connectivity index (χ3v) is 5.04. The first-order chi connectivity index (χ1) is 12.6. The zero-order valence-corrected chi connectivity index (χ0v) is 15.6. The van der Waals surface area contributed by atoms with Gasteiger partial charge in [-0.1, -0.05) is 36.8 Å². The number of aryl methyl sites for hydroxylation is 1. The van der Waals surface area contributed by atoms with E-state index in [9.17, 15) is 9.59 Å². The number of hydrogen-bond donors (Lipinski definition) is 1. The van der Waals surface area contributed by atoms with Crippen LogP contribution in [0.3, 0.4) is 0 Å². The summed E-state index contributed by atoms with van der Waals surface area (Å²) < 4.78 is 0. The number of hydrogen-bond acceptors (Lipinski definition) is 5. The van der Waals surface area contributed by atoms with Crippen molar-refractivity contribution in [2.24, 2.45) is 0 Å². The van der Waals surface area contributed by atoms with E-state index in [0.29, 0.717) is 37.4 Å². The number of piperazine rings is 1. The van der Waals surface area contributed by atoms with E-state index >= 15 is 0 Å². The van der Waals surface area contributed by atoms with Gasteiger partial charge < -0.3 is 10.0 Å². The van der Waals surface area contributed by atoms with Crippen molar-refractivity contribution in [3.05, 3.63) is 41.1 Å². The molecule has 140 valence electrons. The average molecular weight is 357 g/mol. The second-order valence-electron chi connectivity index (χ2n) is 6.90. The summed E-state index contributed by atoms with van der Waals surface area (Å²) in [5.41, 5.74) is 2.99. The van der Waals surface area contributed by atoms with Crippen molar-refractivity contribution < 1.29 is 14.7 Å². The van der Waals surface area contributed by atoms with Crippen molar-refractivity contribution >= 4 is 17.4 Å². The molecule has 3 rings (SSSR count). The average Bonchev–Trinajstić information content (AvgIpc) is 2.88. The van der Waals surface area contributed by atoms with Crippen LogP contribution in [0.1, 0.15) is 24.5 Å². The Morgan fingerprint density at radius 2 is 1.62 bits per heavy atom. The van der Waals surface area contributed by atoms with Gasteiger partial charge in [0, 0.05) is 39.3 Å². The van der Waals surface area contributed by atoms with Crippen molar-refractivity contribution in [2.45, 2.75) is 20.3 Å². The standard InChI is InChI=1S/C20H27N3O3/c1-3-8-23-19(25)17(16-6-4-15(2)5-7-16)18(20(23)26)22-11-9-21(10-12-22)13-14-24/h4-7,24H,3,8-14H2,1-2H3. The van der Waals surface area contributed by atoms with Crippen molar-refractivity contribution in [3.63, 3.8) is 0 Å². The van der Waals surface area contributed by atoms with E-state index in [1.54, 1.807) is 0 Å². The van der Waals surface area contributed by atoms with Crippen LogP contribution < -0.4 is 0 Å². The Morgan fingerprint density at radius 1 is 0.962 bits per heavy atom. The quantitative estimate of drug-likeness (QED) is 0.773. The van der Waals surface area contributed by atoms with Gasteiger partial charge in [0.1, 0.15) is 5.70 Å². The highest BCUT2D eigenvalue weighted by Gasteiger charge is 2.41. The number of carbonyl (C=O) groups excluding carboxylic acids is 2. The predicted molar refractivity (Wildman–Crippen MR) is 100 cm³/mol. The van der Waals surface area contributed by atoms with Crippen LogP contribution in [-0.4, -0.2) is 77.5 Å². The molecule has 2 aliphatic heterocycles. The number of amides is 2. The van der Waals surface area contributed by atoms with E-state index in [2.05, 4.69) is 4.90 Å². The van der Waals surface area contributed by atoms with Crippen LogP contribution >= 0.6 is 0 Å². The van der Waals surface area contributed by atoms with Crippen LogP contribution in [0.15, 0.2) is 30.0 Å². The lowest BCUT2D eigenvalue weighted by molar-refractivity contribution is -0.137. The number of carbonyl (C=O) groups is 2. The predicted octanol–water partition coefficient (Wildman–Crippen LogP) is 1.09. The number of nitrogens with zero attached hydrogens (tertiary/aromatic N) is 3. The summed E-state index contributed by atoms with van der Waals surface area (Å²) in [4.78, 5) is 31.6. The first kappa shape index (κ1) is 18.6. The van der Waals surface area contributed by atoms with Gasteiger partial charge in [-0.15, -0.1) is 0 Å². The molecule has 2 amide bonds. The molecule has 2 heterocycles. The van der Waals surface area contributed by atoms with E-state index in [-0.39, 0.29) is 18.4 Å². The fourth-order valence-electron chi connectivity index (χ4n) is 3.60. The molecule has 1 fully saturated rings. The second-order valence-corrected chi connectivity index (χ2v) is 6.90. The Bertz CT molecular complexity index is 704. The summed E-state index contributed by atoms with van der Waals surface area (Å²) in [5.74, 6) is -0.364. The molecule has 6 nitrogen and oxygen atoms in total. The van der Waals surface area contributed by atoms with Gasteiger partial charge in [0.2, 0.25) is 0 Å². The Morgan fingerprint density at radius 3 is 2.19 bits per heavy atom. The highest BCUT2D eigenvalue weighted by Crippen LogP contribution is 2.32. The van der Waals surface area contributed by atoms with Gasteiger partial charge in [-0.25, -0.2) is 0 Å². The number of benzene rings is 1. The van der Waals surface area contributed by atoms with Gasteiger partial charge in [0.25, 0.3) is 11.8 Å².